The number of aromatic nitrogens is 1. The minimum atomic E-state index is 0.0815. The Morgan fingerprint density at radius 3 is 2.87 bits per heavy atom. The molecule has 3 heteroatoms. The average Bonchev–Trinajstić information content (AvgIpc) is 2.18. The highest BCUT2D eigenvalue weighted by Gasteiger charge is 2.30. The second kappa shape index (κ2) is 4.19. The Hall–Kier alpha value is -1.09. The van der Waals surface area contributed by atoms with Gasteiger partial charge in [-0.15, -0.1) is 0 Å². The summed E-state index contributed by atoms with van der Waals surface area (Å²) < 4.78 is 1.75. The molecule has 3 nitrogen and oxygen atoms in total. The van der Waals surface area contributed by atoms with Crippen molar-refractivity contribution in [2.24, 2.45) is 0 Å². The molecule has 0 amide bonds. The molecule has 0 radical (unpaired) electrons. The van der Waals surface area contributed by atoms with Gasteiger partial charge in [-0.25, -0.2) is 0 Å². The lowest BCUT2D eigenvalue weighted by Crippen LogP contribution is -2.49. The van der Waals surface area contributed by atoms with Crippen LogP contribution in [0.3, 0.4) is 0 Å². The fraction of sp³-hybridized carbons (Fsp3) is 0.583. The SMILES string of the molecule is CC1(NCCn2ccccc2=O)CCC1. The van der Waals surface area contributed by atoms with Crippen molar-refractivity contribution in [1.29, 1.82) is 0 Å². The van der Waals surface area contributed by atoms with Crippen molar-refractivity contribution in [3.8, 4) is 0 Å². The van der Waals surface area contributed by atoms with E-state index in [-0.39, 0.29) is 5.56 Å². The van der Waals surface area contributed by atoms with E-state index < -0.39 is 0 Å². The van der Waals surface area contributed by atoms with Crippen LogP contribution in [0.2, 0.25) is 0 Å². The van der Waals surface area contributed by atoms with E-state index in [9.17, 15) is 4.79 Å². The molecule has 0 aliphatic heterocycles. The summed E-state index contributed by atoms with van der Waals surface area (Å²) >= 11 is 0. The van der Waals surface area contributed by atoms with Crippen LogP contribution in [-0.4, -0.2) is 16.7 Å². The van der Waals surface area contributed by atoms with Crippen molar-refractivity contribution in [1.82, 2.24) is 9.88 Å². The van der Waals surface area contributed by atoms with E-state index in [0.29, 0.717) is 5.54 Å². The molecule has 1 aromatic heterocycles. The Morgan fingerprint density at radius 1 is 1.47 bits per heavy atom. The first-order valence-corrected chi connectivity index (χ1v) is 5.60. The molecule has 82 valence electrons. The van der Waals surface area contributed by atoms with Gasteiger partial charge in [-0.05, 0) is 32.3 Å². The summed E-state index contributed by atoms with van der Waals surface area (Å²) in [6.45, 7) is 3.89. The van der Waals surface area contributed by atoms with Gasteiger partial charge in [0.25, 0.3) is 5.56 Å². The lowest BCUT2D eigenvalue weighted by molar-refractivity contribution is 0.207. The van der Waals surface area contributed by atoms with Gasteiger partial charge in [0.2, 0.25) is 0 Å². The topological polar surface area (TPSA) is 34.0 Å². The second-order valence-electron chi connectivity index (χ2n) is 4.57. The molecule has 1 aliphatic carbocycles. The molecule has 2 rings (SSSR count). The molecule has 0 saturated heterocycles. The van der Waals surface area contributed by atoms with Crippen LogP contribution in [0, 0.1) is 0 Å². The van der Waals surface area contributed by atoms with Gasteiger partial charge in [-0.2, -0.15) is 0 Å². The Balaban J connectivity index is 1.83. The molecular formula is C12H18N2O. The fourth-order valence-corrected chi connectivity index (χ4v) is 2.01. The van der Waals surface area contributed by atoms with Gasteiger partial charge in [0.1, 0.15) is 0 Å². The molecular weight excluding hydrogens is 188 g/mol. The highest BCUT2D eigenvalue weighted by atomic mass is 16.1. The number of hydrogen-bond donors (Lipinski definition) is 1. The molecule has 1 aliphatic rings. The smallest absolute Gasteiger partial charge is 0.250 e. The van der Waals surface area contributed by atoms with E-state index in [2.05, 4.69) is 12.2 Å². The summed E-state index contributed by atoms with van der Waals surface area (Å²) in [6, 6.07) is 5.27. The lowest BCUT2D eigenvalue weighted by Gasteiger charge is -2.39. The Kier molecular flexibility index (Phi) is 2.91. The quantitative estimate of drug-likeness (QED) is 0.807. The van der Waals surface area contributed by atoms with E-state index >= 15 is 0 Å². The molecule has 1 saturated carbocycles. The summed E-state index contributed by atoms with van der Waals surface area (Å²) in [6.07, 6.45) is 5.69. The monoisotopic (exact) mass is 206 g/mol. The van der Waals surface area contributed by atoms with Crippen molar-refractivity contribution < 1.29 is 0 Å². The molecule has 0 aromatic carbocycles. The van der Waals surface area contributed by atoms with Crippen LogP contribution in [0.1, 0.15) is 26.2 Å². The van der Waals surface area contributed by atoms with E-state index in [4.69, 9.17) is 0 Å². The molecule has 1 aromatic rings. The highest BCUT2D eigenvalue weighted by Crippen LogP contribution is 2.30. The molecule has 0 unspecified atom stereocenters. The zero-order chi connectivity index (χ0) is 10.7. The number of nitrogens with one attached hydrogen (secondary N) is 1. The predicted molar refractivity (Wildman–Crippen MR) is 61.0 cm³/mol. The first-order valence-electron chi connectivity index (χ1n) is 5.60. The second-order valence-corrected chi connectivity index (χ2v) is 4.57. The molecule has 1 heterocycles. The predicted octanol–water partition coefficient (Wildman–Crippen LogP) is 1.38. The van der Waals surface area contributed by atoms with Crippen LogP contribution in [-0.2, 0) is 6.54 Å². The van der Waals surface area contributed by atoms with Crippen molar-refractivity contribution in [2.75, 3.05) is 6.54 Å². The van der Waals surface area contributed by atoms with Crippen molar-refractivity contribution in [3.63, 3.8) is 0 Å². The Bertz CT molecular complexity index is 379. The maximum Gasteiger partial charge on any atom is 0.250 e. The third kappa shape index (κ3) is 2.48. The van der Waals surface area contributed by atoms with Crippen LogP contribution in [0.5, 0.6) is 0 Å². The number of pyridine rings is 1. The maximum atomic E-state index is 11.4. The van der Waals surface area contributed by atoms with Crippen molar-refractivity contribution >= 4 is 0 Å². The highest BCUT2D eigenvalue weighted by molar-refractivity contribution is 4.94. The summed E-state index contributed by atoms with van der Waals surface area (Å²) in [5.41, 5.74) is 0.413. The largest absolute Gasteiger partial charge is 0.314 e. The zero-order valence-corrected chi connectivity index (χ0v) is 9.20. The van der Waals surface area contributed by atoms with Crippen molar-refractivity contribution in [3.05, 3.63) is 34.7 Å². The van der Waals surface area contributed by atoms with Gasteiger partial charge in [-0.3, -0.25) is 4.79 Å². The van der Waals surface area contributed by atoms with E-state index in [1.807, 2.05) is 12.3 Å². The first-order chi connectivity index (χ1) is 7.20. The number of rotatable bonds is 4. The summed E-state index contributed by atoms with van der Waals surface area (Å²) in [7, 11) is 0. The number of hydrogen-bond acceptors (Lipinski definition) is 2. The minimum absolute atomic E-state index is 0.0815. The standard InChI is InChI=1S/C12H18N2O/c1-12(6-4-7-12)13-8-10-14-9-3-2-5-11(14)15/h2-3,5,9,13H,4,6-8,10H2,1H3. The zero-order valence-electron chi connectivity index (χ0n) is 9.20. The van der Waals surface area contributed by atoms with Gasteiger partial charge in [0, 0.05) is 30.9 Å². The van der Waals surface area contributed by atoms with Gasteiger partial charge in [0.05, 0.1) is 0 Å². The van der Waals surface area contributed by atoms with E-state index in [1.165, 1.54) is 19.3 Å². The third-order valence-electron chi connectivity index (χ3n) is 3.26. The molecule has 0 bridgehead atoms. The minimum Gasteiger partial charge on any atom is -0.314 e. The van der Waals surface area contributed by atoms with Gasteiger partial charge in [0.15, 0.2) is 0 Å². The van der Waals surface area contributed by atoms with Crippen LogP contribution in [0.25, 0.3) is 0 Å². The number of nitrogens with zero attached hydrogens (tertiary/aromatic N) is 1. The van der Waals surface area contributed by atoms with Crippen LogP contribution < -0.4 is 10.9 Å². The molecule has 1 fully saturated rings. The Labute approximate surface area is 90.1 Å². The van der Waals surface area contributed by atoms with Gasteiger partial charge < -0.3 is 9.88 Å². The first kappa shape index (κ1) is 10.4. The van der Waals surface area contributed by atoms with Crippen molar-refractivity contribution in [2.45, 2.75) is 38.3 Å². The van der Waals surface area contributed by atoms with Crippen LogP contribution in [0.15, 0.2) is 29.2 Å². The summed E-state index contributed by atoms with van der Waals surface area (Å²) in [5, 5.41) is 3.51. The molecule has 15 heavy (non-hydrogen) atoms. The van der Waals surface area contributed by atoms with Crippen LogP contribution >= 0.6 is 0 Å². The summed E-state index contributed by atoms with van der Waals surface area (Å²) in [4.78, 5) is 11.4. The summed E-state index contributed by atoms with van der Waals surface area (Å²) in [5.74, 6) is 0. The van der Waals surface area contributed by atoms with E-state index in [1.54, 1.807) is 16.7 Å². The maximum absolute atomic E-state index is 11.4. The normalized spacial score (nSPS) is 18.5. The Morgan fingerprint density at radius 2 is 2.27 bits per heavy atom. The average molecular weight is 206 g/mol. The molecule has 0 atom stereocenters. The molecule has 1 N–H and O–H groups in total. The molecule has 0 spiro atoms. The third-order valence-corrected chi connectivity index (χ3v) is 3.26. The lowest BCUT2D eigenvalue weighted by atomic mass is 9.78. The van der Waals surface area contributed by atoms with Gasteiger partial charge >= 0.3 is 0 Å². The van der Waals surface area contributed by atoms with Gasteiger partial charge in [-0.1, -0.05) is 6.07 Å². The fourth-order valence-electron chi connectivity index (χ4n) is 2.01. The van der Waals surface area contributed by atoms with E-state index in [0.717, 1.165) is 13.1 Å². The van der Waals surface area contributed by atoms with Crippen LogP contribution in [0.4, 0.5) is 0 Å².